The van der Waals surface area contributed by atoms with Gasteiger partial charge in [-0.05, 0) is 49.4 Å². The van der Waals surface area contributed by atoms with Crippen molar-refractivity contribution in [3.8, 4) is 11.3 Å². The van der Waals surface area contributed by atoms with Crippen LogP contribution in [0.4, 0.5) is 0 Å². The second-order valence-corrected chi connectivity index (χ2v) is 7.28. The maximum atomic E-state index is 12.3. The summed E-state index contributed by atoms with van der Waals surface area (Å²) in [5.41, 5.74) is 4.61. The molecule has 0 unspecified atom stereocenters. The number of hydrogen-bond acceptors (Lipinski definition) is 2. The van der Waals surface area contributed by atoms with Crippen molar-refractivity contribution in [2.75, 3.05) is 0 Å². The van der Waals surface area contributed by atoms with Crippen molar-refractivity contribution in [1.82, 2.24) is 4.98 Å². The highest BCUT2D eigenvalue weighted by atomic mass is 16.4. The molecule has 4 rings (SSSR count). The van der Waals surface area contributed by atoms with Crippen molar-refractivity contribution in [1.29, 1.82) is 0 Å². The molecule has 1 fully saturated rings. The van der Waals surface area contributed by atoms with Crippen LogP contribution >= 0.6 is 0 Å². The molecule has 1 heterocycles. The summed E-state index contributed by atoms with van der Waals surface area (Å²) in [7, 11) is 0. The second kappa shape index (κ2) is 5.33. The normalized spacial score (nSPS) is 18.0. The standard InChI is InChI=1S/C20H21NO3/c1-12-5-6-13-11-20(7-3-2-4-8-20)16-10-15(19(23)24)18(22)21-17(16)14(13)9-12/h5-6,9-10H,2-4,7-8,11H2,1H3,(H,21,22)(H,23,24). The number of carboxylic acids is 1. The molecule has 2 N–H and O–H groups in total. The van der Waals surface area contributed by atoms with Gasteiger partial charge in [0.15, 0.2) is 0 Å². The SMILES string of the molecule is Cc1ccc2c(c1)-c1[nH]c(=O)c(C(=O)O)cc1C1(CCCCC1)C2. The molecule has 0 amide bonds. The van der Waals surface area contributed by atoms with Crippen molar-refractivity contribution in [2.24, 2.45) is 0 Å². The average Bonchev–Trinajstić information content (AvgIpc) is 2.56. The molecule has 0 saturated heterocycles. The van der Waals surface area contributed by atoms with E-state index >= 15 is 0 Å². The van der Waals surface area contributed by atoms with Crippen LogP contribution in [-0.4, -0.2) is 16.1 Å². The van der Waals surface area contributed by atoms with Gasteiger partial charge in [-0.25, -0.2) is 4.79 Å². The third-order valence-corrected chi connectivity index (χ3v) is 5.72. The number of nitrogens with one attached hydrogen (secondary N) is 1. The molecular weight excluding hydrogens is 302 g/mol. The molecule has 0 aliphatic heterocycles. The number of benzene rings is 1. The summed E-state index contributed by atoms with van der Waals surface area (Å²) >= 11 is 0. The van der Waals surface area contributed by atoms with Gasteiger partial charge >= 0.3 is 5.97 Å². The summed E-state index contributed by atoms with van der Waals surface area (Å²) in [6.07, 6.45) is 6.58. The summed E-state index contributed by atoms with van der Waals surface area (Å²) in [5, 5.41) is 9.37. The van der Waals surface area contributed by atoms with Crippen LogP contribution < -0.4 is 5.56 Å². The average molecular weight is 323 g/mol. The van der Waals surface area contributed by atoms with Gasteiger partial charge in [0.25, 0.3) is 5.56 Å². The largest absolute Gasteiger partial charge is 0.477 e. The van der Waals surface area contributed by atoms with Gasteiger partial charge in [0, 0.05) is 11.0 Å². The topological polar surface area (TPSA) is 70.2 Å². The quantitative estimate of drug-likeness (QED) is 0.838. The molecule has 2 aliphatic carbocycles. The molecular formula is C20H21NO3. The fourth-order valence-electron chi connectivity index (χ4n) is 4.53. The van der Waals surface area contributed by atoms with Gasteiger partial charge in [0.2, 0.25) is 0 Å². The van der Waals surface area contributed by atoms with Crippen LogP contribution in [0, 0.1) is 6.92 Å². The van der Waals surface area contributed by atoms with E-state index < -0.39 is 11.5 Å². The van der Waals surface area contributed by atoms with E-state index in [1.54, 1.807) is 6.07 Å². The predicted molar refractivity (Wildman–Crippen MR) is 92.7 cm³/mol. The van der Waals surface area contributed by atoms with Gasteiger partial charge < -0.3 is 10.1 Å². The van der Waals surface area contributed by atoms with Crippen LogP contribution in [0.3, 0.4) is 0 Å². The molecule has 0 bridgehead atoms. The summed E-state index contributed by atoms with van der Waals surface area (Å²) in [5.74, 6) is -1.15. The Morgan fingerprint density at radius 2 is 1.92 bits per heavy atom. The number of rotatable bonds is 1. The number of H-pyrrole nitrogens is 1. The zero-order chi connectivity index (χ0) is 16.9. The Labute approximate surface area is 140 Å². The Hall–Kier alpha value is -2.36. The molecule has 4 nitrogen and oxygen atoms in total. The molecule has 1 aromatic carbocycles. The van der Waals surface area contributed by atoms with Crippen LogP contribution in [0.15, 0.2) is 29.1 Å². The number of hydrogen-bond donors (Lipinski definition) is 2. The van der Waals surface area contributed by atoms with Crippen molar-refractivity contribution in [3.63, 3.8) is 0 Å². The number of aromatic amines is 1. The highest BCUT2D eigenvalue weighted by Gasteiger charge is 2.40. The van der Waals surface area contributed by atoms with Crippen LogP contribution in [0.25, 0.3) is 11.3 Å². The number of aromatic nitrogens is 1. The molecule has 4 heteroatoms. The van der Waals surface area contributed by atoms with Gasteiger partial charge in [-0.3, -0.25) is 4.79 Å². The lowest BCUT2D eigenvalue weighted by atomic mass is 9.62. The zero-order valence-corrected chi connectivity index (χ0v) is 13.8. The van der Waals surface area contributed by atoms with Gasteiger partial charge in [-0.1, -0.05) is 37.0 Å². The van der Waals surface area contributed by atoms with Gasteiger partial charge in [-0.15, -0.1) is 0 Å². The van der Waals surface area contributed by atoms with E-state index in [0.29, 0.717) is 0 Å². The van der Waals surface area contributed by atoms with Gasteiger partial charge in [-0.2, -0.15) is 0 Å². The Morgan fingerprint density at radius 3 is 2.62 bits per heavy atom. The fourth-order valence-corrected chi connectivity index (χ4v) is 4.53. The molecule has 2 aliphatic rings. The Morgan fingerprint density at radius 1 is 1.17 bits per heavy atom. The first-order valence-electron chi connectivity index (χ1n) is 8.61. The van der Waals surface area contributed by atoms with Crippen LogP contribution in [0.1, 0.15) is 59.2 Å². The highest BCUT2D eigenvalue weighted by molar-refractivity contribution is 5.88. The molecule has 2 aromatic rings. The lowest BCUT2D eigenvalue weighted by Gasteiger charge is -2.42. The summed E-state index contributed by atoms with van der Waals surface area (Å²) in [4.78, 5) is 26.6. The molecule has 124 valence electrons. The minimum atomic E-state index is -1.15. The first kappa shape index (κ1) is 15.2. The van der Waals surface area contributed by atoms with Crippen LogP contribution in [-0.2, 0) is 11.8 Å². The molecule has 0 radical (unpaired) electrons. The summed E-state index contributed by atoms with van der Waals surface area (Å²) in [6, 6.07) is 8.02. The van der Waals surface area contributed by atoms with E-state index in [-0.39, 0.29) is 11.0 Å². The minimum Gasteiger partial charge on any atom is -0.477 e. The molecule has 1 aromatic heterocycles. The third-order valence-electron chi connectivity index (χ3n) is 5.72. The van der Waals surface area contributed by atoms with E-state index in [1.807, 2.05) is 6.92 Å². The maximum absolute atomic E-state index is 12.3. The number of pyridine rings is 1. The molecule has 0 atom stereocenters. The van der Waals surface area contributed by atoms with E-state index in [9.17, 15) is 14.7 Å². The Bertz CT molecular complexity index is 888. The fraction of sp³-hybridized carbons (Fsp3) is 0.400. The van der Waals surface area contributed by atoms with Crippen molar-refractivity contribution >= 4 is 5.97 Å². The van der Waals surface area contributed by atoms with Crippen molar-refractivity contribution < 1.29 is 9.90 Å². The first-order chi connectivity index (χ1) is 11.5. The Balaban J connectivity index is 2.02. The lowest BCUT2D eigenvalue weighted by molar-refractivity contribution is 0.0694. The van der Waals surface area contributed by atoms with Crippen molar-refractivity contribution in [2.45, 2.75) is 50.9 Å². The molecule has 24 heavy (non-hydrogen) atoms. The number of aromatic carboxylic acids is 1. The lowest BCUT2D eigenvalue weighted by Crippen LogP contribution is -2.37. The van der Waals surface area contributed by atoms with Crippen LogP contribution in [0.5, 0.6) is 0 Å². The van der Waals surface area contributed by atoms with E-state index in [4.69, 9.17) is 0 Å². The van der Waals surface area contributed by atoms with Crippen molar-refractivity contribution in [3.05, 3.63) is 56.9 Å². The number of aryl methyl sites for hydroxylation is 1. The second-order valence-electron chi connectivity index (χ2n) is 7.28. The smallest absolute Gasteiger partial charge is 0.341 e. The van der Waals surface area contributed by atoms with E-state index in [2.05, 4.69) is 23.2 Å². The Kier molecular flexibility index (Phi) is 3.37. The number of carboxylic acid groups (broad SMARTS) is 1. The minimum absolute atomic E-state index is 0.0375. The van der Waals surface area contributed by atoms with Crippen LogP contribution in [0.2, 0.25) is 0 Å². The molecule has 1 spiro atoms. The molecule has 1 saturated carbocycles. The summed E-state index contributed by atoms with van der Waals surface area (Å²) in [6.45, 7) is 2.04. The maximum Gasteiger partial charge on any atom is 0.341 e. The van der Waals surface area contributed by atoms with Gasteiger partial charge in [0.05, 0.1) is 5.69 Å². The number of fused-ring (bicyclic) bond motifs is 4. The van der Waals surface area contributed by atoms with E-state index in [0.717, 1.165) is 54.5 Å². The number of carbonyl (C=O) groups is 1. The predicted octanol–water partition coefficient (Wildman–Crippen LogP) is 3.81. The zero-order valence-electron chi connectivity index (χ0n) is 13.8. The third kappa shape index (κ3) is 2.20. The first-order valence-corrected chi connectivity index (χ1v) is 8.61. The van der Waals surface area contributed by atoms with Gasteiger partial charge in [0.1, 0.15) is 5.56 Å². The highest BCUT2D eigenvalue weighted by Crippen LogP contribution is 2.49. The monoisotopic (exact) mass is 323 g/mol. The summed E-state index contributed by atoms with van der Waals surface area (Å²) < 4.78 is 0. The van der Waals surface area contributed by atoms with E-state index in [1.165, 1.54) is 12.0 Å².